The first-order valence-corrected chi connectivity index (χ1v) is 8.15. The van der Waals surface area contributed by atoms with E-state index >= 15 is 0 Å². The molecule has 1 unspecified atom stereocenters. The molecule has 1 rings (SSSR count). The molecule has 0 saturated carbocycles. The van der Waals surface area contributed by atoms with Crippen molar-refractivity contribution < 1.29 is 13.5 Å². The summed E-state index contributed by atoms with van der Waals surface area (Å²) in [6, 6.07) is 3.21. The van der Waals surface area contributed by atoms with Crippen molar-refractivity contribution in [1.82, 2.24) is 4.72 Å². The smallest absolute Gasteiger partial charge is 0.250 e. The van der Waals surface area contributed by atoms with Gasteiger partial charge in [-0.05, 0) is 33.5 Å². The zero-order chi connectivity index (χ0) is 13.3. The highest BCUT2D eigenvalue weighted by atomic mass is 79.9. The highest BCUT2D eigenvalue weighted by Gasteiger charge is 2.25. The Labute approximate surface area is 114 Å². The first-order chi connectivity index (χ1) is 7.63. The number of thiophene rings is 1. The van der Waals surface area contributed by atoms with Gasteiger partial charge in [-0.2, -0.15) is 0 Å². The molecule has 0 aliphatic heterocycles. The summed E-state index contributed by atoms with van der Waals surface area (Å²) in [5.74, 6) is 0. The molecule has 0 radical (unpaired) electrons. The lowest BCUT2D eigenvalue weighted by atomic mass is 9.89. The quantitative estimate of drug-likeness (QED) is 0.882. The van der Waals surface area contributed by atoms with E-state index in [1.165, 1.54) is 6.07 Å². The average Bonchev–Trinajstić information content (AvgIpc) is 2.60. The van der Waals surface area contributed by atoms with Crippen LogP contribution in [0.15, 0.2) is 20.1 Å². The van der Waals surface area contributed by atoms with Gasteiger partial charge in [0.25, 0.3) is 0 Å². The molecular weight excluding hydrogens is 326 g/mol. The highest BCUT2D eigenvalue weighted by molar-refractivity contribution is 9.11. The monoisotopic (exact) mass is 341 g/mol. The van der Waals surface area contributed by atoms with E-state index in [1.54, 1.807) is 6.07 Å². The van der Waals surface area contributed by atoms with Crippen molar-refractivity contribution in [2.75, 3.05) is 6.54 Å². The highest BCUT2D eigenvalue weighted by Crippen LogP contribution is 2.26. The van der Waals surface area contributed by atoms with Gasteiger partial charge in [-0.25, -0.2) is 13.1 Å². The number of halogens is 1. The summed E-state index contributed by atoms with van der Waals surface area (Å²) < 4.78 is 27.1. The minimum absolute atomic E-state index is 0.0152. The van der Waals surface area contributed by atoms with Gasteiger partial charge in [0, 0.05) is 6.54 Å². The lowest BCUT2D eigenvalue weighted by molar-refractivity contribution is 0.0677. The van der Waals surface area contributed by atoms with Crippen LogP contribution in [-0.4, -0.2) is 26.2 Å². The predicted molar refractivity (Wildman–Crippen MR) is 72.7 cm³/mol. The first-order valence-electron chi connectivity index (χ1n) is 5.06. The Kier molecular flexibility index (Phi) is 4.76. The predicted octanol–water partition coefficient (Wildman–Crippen LogP) is 2.20. The number of aliphatic hydroxyl groups is 1. The summed E-state index contributed by atoms with van der Waals surface area (Å²) >= 11 is 4.35. The van der Waals surface area contributed by atoms with Crippen molar-refractivity contribution in [3.8, 4) is 0 Å². The van der Waals surface area contributed by atoms with Crippen LogP contribution in [0.2, 0.25) is 0 Å². The third kappa shape index (κ3) is 4.33. The normalized spacial score (nSPS) is 14.9. The molecule has 1 atom stereocenters. The Morgan fingerprint density at radius 1 is 1.47 bits per heavy atom. The van der Waals surface area contributed by atoms with Crippen LogP contribution in [0.5, 0.6) is 0 Å². The molecule has 0 fully saturated rings. The van der Waals surface area contributed by atoms with Gasteiger partial charge in [0.2, 0.25) is 10.0 Å². The fourth-order valence-corrected chi connectivity index (χ4v) is 4.10. The second kappa shape index (κ2) is 5.36. The second-order valence-corrected chi connectivity index (χ2v) is 9.25. The van der Waals surface area contributed by atoms with Gasteiger partial charge in [-0.15, -0.1) is 11.3 Å². The molecule has 1 aromatic heterocycles. The fraction of sp³-hybridized carbons (Fsp3) is 0.600. The maximum atomic E-state index is 11.8. The molecule has 0 saturated heterocycles. The van der Waals surface area contributed by atoms with Crippen molar-refractivity contribution in [3.63, 3.8) is 0 Å². The fourth-order valence-electron chi connectivity index (χ4n) is 1.01. The molecule has 17 heavy (non-hydrogen) atoms. The van der Waals surface area contributed by atoms with Crippen molar-refractivity contribution in [2.24, 2.45) is 5.41 Å². The summed E-state index contributed by atoms with van der Waals surface area (Å²) in [6.07, 6.45) is -0.722. The van der Waals surface area contributed by atoms with Gasteiger partial charge in [0.05, 0.1) is 9.89 Å². The molecule has 7 heteroatoms. The van der Waals surface area contributed by atoms with E-state index in [4.69, 9.17) is 0 Å². The molecule has 98 valence electrons. The Balaban J connectivity index is 2.69. The number of sulfonamides is 1. The largest absolute Gasteiger partial charge is 0.391 e. The van der Waals surface area contributed by atoms with E-state index < -0.39 is 16.1 Å². The van der Waals surface area contributed by atoms with Gasteiger partial charge in [-0.1, -0.05) is 20.8 Å². The topological polar surface area (TPSA) is 66.4 Å². The van der Waals surface area contributed by atoms with Crippen LogP contribution in [0.3, 0.4) is 0 Å². The summed E-state index contributed by atoms with van der Waals surface area (Å²) in [5.41, 5.74) is -0.349. The standard InChI is InChI=1S/C10H16BrNO3S2/c1-10(2,3)7(13)6-12-17(14,15)9-5-4-8(11)16-9/h4-5,7,12-13H,6H2,1-3H3. The minimum Gasteiger partial charge on any atom is -0.391 e. The molecule has 2 N–H and O–H groups in total. The Hall–Kier alpha value is 0.0500. The lowest BCUT2D eigenvalue weighted by Gasteiger charge is -2.25. The van der Waals surface area contributed by atoms with Gasteiger partial charge in [0.15, 0.2) is 0 Å². The van der Waals surface area contributed by atoms with Crippen LogP contribution in [-0.2, 0) is 10.0 Å². The molecule has 0 amide bonds. The molecule has 0 spiro atoms. The maximum absolute atomic E-state index is 11.8. The lowest BCUT2D eigenvalue weighted by Crippen LogP contribution is -2.38. The van der Waals surface area contributed by atoms with Gasteiger partial charge in [-0.3, -0.25) is 0 Å². The number of hydrogen-bond acceptors (Lipinski definition) is 4. The van der Waals surface area contributed by atoms with Gasteiger partial charge < -0.3 is 5.11 Å². The Bertz CT molecular complexity index is 476. The summed E-state index contributed by atoms with van der Waals surface area (Å²) in [4.78, 5) is 0. The summed E-state index contributed by atoms with van der Waals surface area (Å²) in [6.45, 7) is 5.58. The average molecular weight is 342 g/mol. The molecule has 0 aliphatic carbocycles. The van der Waals surface area contributed by atoms with E-state index in [0.717, 1.165) is 15.1 Å². The molecular formula is C10H16BrNO3S2. The van der Waals surface area contributed by atoms with Crippen molar-refractivity contribution in [2.45, 2.75) is 31.1 Å². The third-order valence-electron chi connectivity index (χ3n) is 2.28. The second-order valence-electron chi connectivity index (χ2n) is 4.79. The number of rotatable bonds is 4. The van der Waals surface area contributed by atoms with Crippen molar-refractivity contribution in [1.29, 1.82) is 0 Å². The number of aliphatic hydroxyl groups excluding tert-OH is 1. The zero-order valence-electron chi connectivity index (χ0n) is 9.90. The number of hydrogen-bond donors (Lipinski definition) is 2. The van der Waals surface area contributed by atoms with Crippen LogP contribution in [0.1, 0.15) is 20.8 Å². The summed E-state index contributed by atoms with van der Waals surface area (Å²) in [5, 5.41) is 9.77. The van der Waals surface area contributed by atoms with Crippen LogP contribution in [0, 0.1) is 5.41 Å². The molecule has 0 bridgehead atoms. The summed E-state index contributed by atoms with van der Waals surface area (Å²) in [7, 11) is -3.52. The Morgan fingerprint density at radius 3 is 2.47 bits per heavy atom. The maximum Gasteiger partial charge on any atom is 0.250 e. The van der Waals surface area contributed by atoms with Crippen molar-refractivity contribution >= 4 is 37.3 Å². The van der Waals surface area contributed by atoms with E-state index in [-0.39, 0.29) is 16.2 Å². The van der Waals surface area contributed by atoms with E-state index in [0.29, 0.717) is 0 Å². The van der Waals surface area contributed by atoms with Crippen molar-refractivity contribution in [3.05, 3.63) is 15.9 Å². The third-order valence-corrected chi connectivity index (χ3v) is 5.82. The SMILES string of the molecule is CC(C)(C)C(O)CNS(=O)(=O)c1ccc(Br)s1. The van der Waals surface area contributed by atoms with E-state index in [2.05, 4.69) is 20.7 Å². The molecule has 1 aromatic rings. The van der Waals surface area contributed by atoms with E-state index in [1.807, 2.05) is 20.8 Å². The van der Waals surface area contributed by atoms with Gasteiger partial charge >= 0.3 is 0 Å². The van der Waals surface area contributed by atoms with Crippen LogP contribution in [0.25, 0.3) is 0 Å². The van der Waals surface area contributed by atoms with Crippen LogP contribution >= 0.6 is 27.3 Å². The van der Waals surface area contributed by atoms with Crippen LogP contribution in [0.4, 0.5) is 0 Å². The molecule has 4 nitrogen and oxygen atoms in total. The molecule has 0 aromatic carbocycles. The first kappa shape index (κ1) is 15.1. The minimum atomic E-state index is -3.52. The molecule has 0 aliphatic rings. The Morgan fingerprint density at radius 2 is 2.06 bits per heavy atom. The van der Waals surface area contributed by atoms with Crippen LogP contribution < -0.4 is 4.72 Å². The zero-order valence-corrected chi connectivity index (χ0v) is 13.1. The van der Waals surface area contributed by atoms with E-state index in [9.17, 15) is 13.5 Å². The molecule has 1 heterocycles. The number of nitrogens with one attached hydrogen (secondary N) is 1. The van der Waals surface area contributed by atoms with Gasteiger partial charge in [0.1, 0.15) is 4.21 Å².